The first kappa shape index (κ1) is 12.2. The summed E-state index contributed by atoms with van der Waals surface area (Å²) in [5.74, 6) is 2.18. The molecule has 2 rings (SSSR count). The van der Waals surface area contributed by atoms with Crippen LogP contribution in [0.5, 0.6) is 5.75 Å². The third-order valence-corrected chi connectivity index (χ3v) is 2.65. The van der Waals surface area contributed by atoms with Crippen molar-refractivity contribution in [2.45, 2.75) is 6.92 Å². The minimum absolute atomic E-state index is 0.584. The SMILES string of the molecule is CNc1nccc(Nc2cccc(OC)c2C)n1. The van der Waals surface area contributed by atoms with Crippen molar-refractivity contribution in [3.63, 3.8) is 0 Å². The number of ether oxygens (including phenoxy) is 1. The summed E-state index contributed by atoms with van der Waals surface area (Å²) >= 11 is 0. The lowest BCUT2D eigenvalue weighted by atomic mass is 10.2. The molecule has 0 unspecified atom stereocenters. The summed E-state index contributed by atoms with van der Waals surface area (Å²) in [6.07, 6.45) is 1.71. The van der Waals surface area contributed by atoms with Crippen LogP contribution in [0.1, 0.15) is 5.56 Å². The molecule has 0 spiro atoms. The molecule has 1 heterocycles. The Kier molecular flexibility index (Phi) is 3.62. The van der Waals surface area contributed by atoms with Gasteiger partial charge in [-0.1, -0.05) is 6.07 Å². The van der Waals surface area contributed by atoms with Gasteiger partial charge in [-0.05, 0) is 25.1 Å². The normalized spacial score (nSPS) is 9.94. The van der Waals surface area contributed by atoms with Gasteiger partial charge in [0.2, 0.25) is 5.95 Å². The fourth-order valence-corrected chi connectivity index (χ4v) is 1.66. The van der Waals surface area contributed by atoms with Crippen molar-refractivity contribution >= 4 is 17.5 Å². The first-order valence-electron chi connectivity index (χ1n) is 5.66. The maximum absolute atomic E-state index is 5.28. The van der Waals surface area contributed by atoms with Crippen LogP contribution >= 0.6 is 0 Å². The monoisotopic (exact) mass is 244 g/mol. The topological polar surface area (TPSA) is 59.1 Å². The summed E-state index contributed by atoms with van der Waals surface area (Å²) in [6, 6.07) is 7.67. The molecular weight excluding hydrogens is 228 g/mol. The van der Waals surface area contributed by atoms with E-state index >= 15 is 0 Å². The van der Waals surface area contributed by atoms with Gasteiger partial charge < -0.3 is 15.4 Å². The maximum Gasteiger partial charge on any atom is 0.224 e. The number of hydrogen-bond donors (Lipinski definition) is 2. The Bertz CT molecular complexity index is 542. The highest BCUT2D eigenvalue weighted by atomic mass is 16.5. The molecule has 18 heavy (non-hydrogen) atoms. The van der Waals surface area contributed by atoms with E-state index in [2.05, 4.69) is 20.6 Å². The first-order chi connectivity index (χ1) is 8.74. The lowest BCUT2D eigenvalue weighted by molar-refractivity contribution is 0.412. The second-order valence-electron chi connectivity index (χ2n) is 3.77. The average molecular weight is 244 g/mol. The summed E-state index contributed by atoms with van der Waals surface area (Å²) in [5, 5.41) is 6.15. The van der Waals surface area contributed by atoms with Crippen LogP contribution in [0.2, 0.25) is 0 Å². The van der Waals surface area contributed by atoms with Crippen molar-refractivity contribution in [2.75, 3.05) is 24.8 Å². The van der Waals surface area contributed by atoms with E-state index in [0.29, 0.717) is 5.95 Å². The van der Waals surface area contributed by atoms with Gasteiger partial charge in [0.1, 0.15) is 11.6 Å². The van der Waals surface area contributed by atoms with Gasteiger partial charge in [0.15, 0.2) is 0 Å². The molecule has 0 aliphatic rings. The number of benzene rings is 1. The number of methoxy groups -OCH3 is 1. The molecule has 0 atom stereocenters. The van der Waals surface area contributed by atoms with Gasteiger partial charge in [-0.3, -0.25) is 0 Å². The van der Waals surface area contributed by atoms with Crippen LogP contribution < -0.4 is 15.4 Å². The van der Waals surface area contributed by atoms with Crippen LogP contribution in [0, 0.1) is 6.92 Å². The molecule has 2 N–H and O–H groups in total. The molecule has 0 aliphatic heterocycles. The number of hydrogen-bond acceptors (Lipinski definition) is 5. The highest BCUT2D eigenvalue weighted by Gasteiger charge is 2.05. The number of nitrogens with one attached hydrogen (secondary N) is 2. The minimum Gasteiger partial charge on any atom is -0.496 e. The fourth-order valence-electron chi connectivity index (χ4n) is 1.66. The van der Waals surface area contributed by atoms with E-state index in [4.69, 9.17) is 4.74 Å². The number of aromatic nitrogens is 2. The number of nitrogens with zero attached hydrogens (tertiary/aromatic N) is 2. The second-order valence-corrected chi connectivity index (χ2v) is 3.77. The lowest BCUT2D eigenvalue weighted by Crippen LogP contribution is -2.01. The molecule has 2 aromatic rings. The Hall–Kier alpha value is -2.30. The predicted octanol–water partition coefficient (Wildman–Crippen LogP) is 2.58. The number of rotatable bonds is 4. The fraction of sp³-hybridized carbons (Fsp3) is 0.231. The summed E-state index contributed by atoms with van der Waals surface area (Å²) in [6.45, 7) is 2.00. The highest BCUT2D eigenvalue weighted by molar-refractivity contribution is 5.64. The van der Waals surface area contributed by atoms with Crippen molar-refractivity contribution < 1.29 is 4.74 Å². The van der Waals surface area contributed by atoms with Gasteiger partial charge in [0, 0.05) is 24.5 Å². The van der Waals surface area contributed by atoms with Crippen LogP contribution in [-0.4, -0.2) is 24.1 Å². The second kappa shape index (κ2) is 5.35. The summed E-state index contributed by atoms with van der Waals surface area (Å²) in [4.78, 5) is 8.38. The van der Waals surface area contributed by atoms with E-state index in [0.717, 1.165) is 22.8 Å². The van der Waals surface area contributed by atoms with E-state index < -0.39 is 0 Å². The zero-order valence-corrected chi connectivity index (χ0v) is 10.7. The van der Waals surface area contributed by atoms with Crippen LogP contribution in [0.4, 0.5) is 17.5 Å². The van der Waals surface area contributed by atoms with Crippen LogP contribution in [-0.2, 0) is 0 Å². The van der Waals surface area contributed by atoms with Gasteiger partial charge in [-0.25, -0.2) is 4.98 Å². The Labute approximate surface area is 106 Å². The molecule has 1 aromatic heterocycles. The molecule has 94 valence electrons. The maximum atomic E-state index is 5.28. The summed E-state index contributed by atoms with van der Waals surface area (Å²) in [5.41, 5.74) is 2.01. The van der Waals surface area contributed by atoms with E-state index in [9.17, 15) is 0 Å². The quantitative estimate of drug-likeness (QED) is 0.865. The largest absolute Gasteiger partial charge is 0.496 e. The molecule has 0 fully saturated rings. The molecule has 0 bridgehead atoms. The Balaban J connectivity index is 2.28. The van der Waals surface area contributed by atoms with Gasteiger partial charge in [0.05, 0.1) is 7.11 Å². The van der Waals surface area contributed by atoms with Gasteiger partial charge in [0.25, 0.3) is 0 Å². The lowest BCUT2D eigenvalue weighted by Gasteiger charge is -2.12. The molecule has 0 amide bonds. The van der Waals surface area contributed by atoms with Gasteiger partial charge in [-0.15, -0.1) is 0 Å². The van der Waals surface area contributed by atoms with Crippen molar-refractivity contribution in [1.82, 2.24) is 9.97 Å². The van der Waals surface area contributed by atoms with Crippen LogP contribution in [0.25, 0.3) is 0 Å². The Morgan fingerprint density at radius 3 is 2.78 bits per heavy atom. The average Bonchev–Trinajstić information content (AvgIpc) is 2.41. The minimum atomic E-state index is 0.584. The molecule has 0 saturated carbocycles. The molecule has 0 aliphatic carbocycles. The Morgan fingerprint density at radius 2 is 2.06 bits per heavy atom. The van der Waals surface area contributed by atoms with E-state index in [1.54, 1.807) is 20.4 Å². The molecular formula is C13H16N4O. The van der Waals surface area contributed by atoms with Gasteiger partial charge in [-0.2, -0.15) is 4.98 Å². The zero-order valence-electron chi connectivity index (χ0n) is 10.7. The molecule has 0 radical (unpaired) electrons. The van der Waals surface area contributed by atoms with Crippen LogP contribution in [0.3, 0.4) is 0 Å². The third kappa shape index (κ3) is 2.51. The standard InChI is InChI=1S/C13H16N4O/c1-9-10(5-4-6-11(9)18-3)16-12-7-8-15-13(14-2)17-12/h4-8H,1-3H3,(H2,14,15,16,17). The zero-order chi connectivity index (χ0) is 13.0. The van der Waals surface area contributed by atoms with Crippen LogP contribution in [0.15, 0.2) is 30.5 Å². The van der Waals surface area contributed by atoms with Crippen molar-refractivity contribution in [2.24, 2.45) is 0 Å². The van der Waals surface area contributed by atoms with E-state index in [-0.39, 0.29) is 0 Å². The summed E-state index contributed by atoms with van der Waals surface area (Å²) < 4.78 is 5.28. The Morgan fingerprint density at radius 1 is 1.22 bits per heavy atom. The third-order valence-electron chi connectivity index (χ3n) is 2.65. The van der Waals surface area contributed by atoms with Crippen molar-refractivity contribution in [1.29, 1.82) is 0 Å². The van der Waals surface area contributed by atoms with Crippen molar-refractivity contribution in [3.8, 4) is 5.75 Å². The molecule has 5 nitrogen and oxygen atoms in total. The summed E-state index contributed by atoms with van der Waals surface area (Å²) in [7, 11) is 3.45. The molecule has 5 heteroatoms. The van der Waals surface area contributed by atoms with E-state index in [1.807, 2.05) is 31.2 Å². The number of anilines is 3. The van der Waals surface area contributed by atoms with E-state index in [1.165, 1.54) is 0 Å². The first-order valence-corrected chi connectivity index (χ1v) is 5.66. The van der Waals surface area contributed by atoms with Crippen molar-refractivity contribution in [3.05, 3.63) is 36.0 Å². The van der Waals surface area contributed by atoms with Gasteiger partial charge >= 0.3 is 0 Å². The smallest absolute Gasteiger partial charge is 0.224 e. The highest BCUT2D eigenvalue weighted by Crippen LogP contribution is 2.27. The molecule has 1 aromatic carbocycles. The molecule has 0 saturated heterocycles. The predicted molar refractivity (Wildman–Crippen MR) is 72.6 cm³/mol.